The molecule has 4 heteroatoms. The predicted octanol–water partition coefficient (Wildman–Crippen LogP) is 10.4. The lowest BCUT2D eigenvalue weighted by Gasteiger charge is -2.17. The third kappa shape index (κ3) is 23.3. The Bertz CT molecular complexity index is 668. The van der Waals surface area contributed by atoms with E-state index < -0.39 is 0 Å². The van der Waals surface area contributed by atoms with Crippen molar-refractivity contribution in [2.75, 3.05) is 20.3 Å². The number of imidazole rings is 1. The van der Waals surface area contributed by atoms with Gasteiger partial charge in [-0.15, -0.1) is 0 Å². The Labute approximate surface area is 251 Å². The monoisotopic (exact) mass is 560 g/mol. The maximum Gasteiger partial charge on any atom is 0.243 e. The average molecular weight is 560 g/mol. The number of hydrogen-bond donors (Lipinski definition) is 0. The Morgan fingerprint density at radius 3 is 1.27 bits per heavy atom. The van der Waals surface area contributed by atoms with Crippen LogP contribution in [0.25, 0.3) is 0 Å². The van der Waals surface area contributed by atoms with Crippen LogP contribution in [0.15, 0.2) is 31.1 Å². The molecule has 0 saturated carbocycles. The fourth-order valence-corrected chi connectivity index (χ4v) is 5.66. The smallest absolute Gasteiger partial charge is 0.243 e. The lowest BCUT2D eigenvalue weighted by Crippen LogP contribution is -2.23. The summed E-state index contributed by atoms with van der Waals surface area (Å²) >= 11 is 0. The summed E-state index contributed by atoms with van der Waals surface area (Å²) in [6.45, 7) is 8.07. The predicted molar refractivity (Wildman–Crippen MR) is 176 cm³/mol. The highest BCUT2D eigenvalue weighted by molar-refractivity contribution is 4.88. The van der Waals surface area contributed by atoms with Crippen LogP contribution >= 0.6 is 0 Å². The summed E-state index contributed by atoms with van der Waals surface area (Å²) in [6, 6.07) is 0. The van der Waals surface area contributed by atoms with E-state index in [9.17, 15) is 0 Å². The highest BCUT2D eigenvalue weighted by atomic mass is 15.3. The molecule has 0 bridgehead atoms. The number of aromatic nitrogens is 2. The number of rotatable bonds is 26. The normalized spacial score (nSPS) is 12.8. The van der Waals surface area contributed by atoms with Gasteiger partial charge >= 0.3 is 0 Å². The minimum Gasteiger partial charge on any atom is -0.362 e. The van der Waals surface area contributed by atoms with Crippen molar-refractivity contribution < 1.29 is 4.57 Å². The second-order valence-electron chi connectivity index (χ2n) is 12.6. The topological polar surface area (TPSA) is 15.3 Å². The third-order valence-electron chi connectivity index (χ3n) is 8.33. The van der Waals surface area contributed by atoms with Crippen LogP contribution in [0.1, 0.15) is 168 Å². The quantitative estimate of drug-likeness (QED) is 0.0828. The zero-order chi connectivity index (χ0) is 28.9. The van der Waals surface area contributed by atoms with Crippen molar-refractivity contribution in [3.8, 4) is 0 Å². The summed E-state index contributed by atoms with van der Waals surface area (Å²) in [5.74, 6) is 0. The van der Waals surface area contributed by atoms with E-state index in [-0.39, 0.29) is 0 Å². The fraction of sp³-hybridized carbons (Fsp3) is 0.861. The maximum absolute atomic E-state index is 2.41. The Morgan fingerprint density at radius 1 is 0.525 bits per heavy atom. The van der Waals surface area contributed by atoms with Crippen molar-refractivity contribution in [3.63, 3.8) is 0 Å². The summed E-state index contributed by atoms with van der Waals surface area (Å²) in [6.07, 6.45) is 45.2. The molecule has 1 aromatic heterocycles. The van der Waals surface area contributed by atoms with Crippen molar-refractivity contribution in [2.45, 2.75) is 174 Å². The minimum atomic E-state index is 1.08. The van der Waals surface area contributed by atoms with E-state index in [1.807, 2.05) is 0 Å². The van der Waals surface area contributed by atoms with Crippen LogP contribution in [-0.2, 0) is 13.6 Å². The van der Waals surface area contributed by atoms with Crippen molar-refractivity contribution in [2.24, 2.45) is 7.05 Å². The molecule has 1 aromatic rings. The fourth-order valence-electron chi connectivity index (χ4n) is 5.66. The molecule has 40 heavy (non-hydrogen) atoms. The largest absolute Gasteiger partial charge is 0.362 e. The van der Waals surface area contributed by atoms with Crippen LogP contribution in [0, 0.1) is 0 Å². The van der Waals surface area contributed by atoms with Gasteiger partial charge in [0.15, 0.2) is 0 Å². The number of nitrogens with zero attached hydrogens (tertiary/aromatic N) is 4. The lowest BCUT2D eigenvalue weighted by molar-refractivity contribution is -0.671. The summed E-state index contributed by atoms with van der Waals surface area (Å²) in [7, 11) is 4.22. The molecule has 1 aliphatic heterocycles. The van der Waals surface area contributed by atoms with E-state index in [1.165, 1.54) is 167 Å². The van der Waals surface area contributed by atoms with Crippen LogP contribution < -0.4 is 4.57 Å². The van der Waals surface area contributed by atoms with E-state index in [2.05, 4.69) is 78.0 Å². The van der Waals surface area contributed by atoms with Crippen LogP contribution in [0.3, 0.4) is 0 Å². The van der Waals surface area contributed by atoms with Gasteiger partial charge in [-0.25, -0.2) is 9.13 Å². The number of aryl methyl sites for hydroxylation is 2. The van der Waals surface area contributed by atoms with E-state index in [0.29, 0.717) is 0 Å². The summed E-state index contributed by atoms with van der Waals surface area (Å²) in [5.41, 5.74) is 0. The number of unbranched alkanes of at least 4 members (excludes halogenated alkanes) is 22. The maximum atomic E-state index is 2.41. The Morgan fingerprint density at radius 2 is 0.925 bits per heavy atom. The van der Waals surface area contributed by atoms with Crippen LogP contribution in [0.5, 0.6) is 0 Å². The first-order chi connectivity index (χ1) is 19.7. The van der Waals surface area contributed by atoms with Crippen molar-refractivity contribution in [1.29, 1.82) is 0 Å². The summed E-state index contributed by atoms with van der Waals surface area (Å²) in [5, 5.41) is 0. The minimum absolute atomic E-state index is 1.08. The second kappa shape index (κ2) is 27.7. The van der Waals surface area contributed by atoms with Gasteiger partial charge in [-0.3, -0.25) is 0 Å². The summed E-state index contributed by atoms with van der Waals surface area (Å²) in [4.78, 5) is 4.65. The highest BCUT2D eigenvalue weighted by Gasteiger charge is 2.06. The summed E-state index contributed by atoms with van der Waals surface area (Å²) < 4.78 is 4.40. The van der Waals surface area contributed by atoms with Gasteiger partial charge in [0.1, 0.15) is 12.4 Å². The average Bonchev–Trinajstić information content (AvgIpc) is 3.57. The molecule has 2 rings (SSSR count). The molecule has 0 N–H and O–H groups in total. The Balaban J connectivity index is 0.000000400. The first-order valence-electron chi connectivity index (χ1n) is 17.8. The SMILES string of the molecule is CCCCCCCCCCCCCCN1C=CN(C)C1.CCCCCCCCCCCCCCn1cc[n+](C)c1. The van der Waals surface area contributed by atoms with E-state index in [0.717, 1.165) is 6.67 Å². The molecular weight excluding hydrogens is 488 g/mol. The van der Waals surface area contributed by atoms with Gasteiger partial charge in [0.2, 0.25) is 6.33 Å². The first kappa shape index (κ1) is 36.6. The lowest BCUT2D eigenvalue weighted by atomic mass is 10.1. The molecule has 0 saturated heterocycles. The van der Waals surface area contributed by atoms with Gasteiger partial charge in [0.25, 0.3) is 0 Å². The molecule has 1 aliphatic rings. The van der Waals surface area contributed by atoms with Crippen molar-refractivity contribution in [1.82, 2.24) is 14.4 Å². The van der Waals surface area contributed by atoms with Crippen LogP contribution in [0.4, 0.5) is 0 Å². The molecule has 0 radical (unpaired) electrons. The second-order valence-corrected chi connectivity index (χ2v) is 12.6. The van der Waals surface area contributed by atoms with E-state index in [1.54, 1.807) is 0 Å². The van der Waals surface area contributed by atoms with Gasteiger partial charge in [-0.2, -0.15) is 0 Å². The van der Waals surface area contributed by atoms with Gasteiger partial charge in [0, 0.05) is 26.0 Å². The molecule has 0 fully saturated rings. The first-order valence-corrected chi connectivity index (χ1v) is 17.8. The van der Waals surface area contributed by atoms with Gasteiger partial charge in [0.05, 0.1) is 20.3 Å². The third-order valence-corrected chi connectivity index (χ3v) is 8.33. The zero-order valence-electron chi connectivity index (χ0n) is 27.8. The molecule has 0 atom stereocenters. The molecule has 234 valence electrons. The standard InChI is InChI=1S/C18H36N2.C18H35N2/c2*1-3-4-5-6-7-8-9-10-11-12-13-14-15-20-17-16-19(2)18-20/h16-17H,3-15,18H2,1-2H3;16-18H,3-15H2,1-2H3/q;+1. The Hall–Kier alpha value is -1.45. The van der Waals surface area contributed by atoms with Gasteiger partial charge in [-0.1, -0.05) is 149 Å². The molecule has 4 nitrogen and oxygen atoms in total. The van der Waals surface area contributed by atoms with Crippen molar-refractivity contribution in [3.05, 3.63) is 31.1 Å². The van der Waals surface area contributed by atoms with E-state index in [4.69, 9.17) is 0 Å². The zero-order valence-corrected chi connectivity index (χ0v) is 27.8. The number of hydrogen-bond acceptors (Lipinski definition) is 2. The van der Waals surface area contributed by atoms with Crippen LogP contribution in [-0.4, -0.2) is 34.6 Å². The molecule has 0 aliphatic carbocycles. The molecule has 0 amide bonds. The molecule has 2 heterocycles. The molecular formula is C36H71N4+. The van der Waals surface area contributed by atoms with Crippen molar-refractivity contribution >= 4 is 0 Å². The van der Waals surface area contributed by atoms with E-state index >= 15 is 0 Å². The molecule has 0 unspecified atom stereocenters. The van der Waals surface area contributed by atoms with Gasteiger partial charge in [-0.05, 0) is 19.3 Å². The van der Waals surface area contributed by atoms with Crippen LogP contribution in [0.2, 0.25) is 0 Å². The Kier molecular flexibility index (Phi) is 25.3. The highest BCUT2D eigenvalue weighted by Crippen LogP contribution is 2.14. The van der Waals surface area contributed by atoms with Gasteiger partial charge < -0.3 is 9.80 Å². The molecule has 0 aromatic carbocycles. The molecule has 0 spiro atoms.